The molecule has 1 atom stereocenters. The van der Waals surface area contributed by atoms with Crippen LogP contribution in [0.3, 0.4) is 0 Å². The lowest BCUT2D eigenvalue weighted by Gasteiger charge is -2.11. The number of nitrogens with one attached hydrogen (secondary N) is 1. The molecule has 0 aliphatic carbocycles. The quantitative estimate of drug-likeness (QED) is 0.857. The van der Waals surface area contributed by atoms with Gasteiger partial charge in [-0.3, -0.25) is 4.68 Å². The van der Waals surface area contributed by atoms with E-state index in [0.29, 0.717) is 6.04 Å². The summed E-state index contributed by atoms with van der Waals surface area (Å²) in [6, 6.07) is 8.94. The summed E-state index contributed by atoms with van der Waals surface area (Å²) in [5, 5.41) is 9.36. The highest BCUT2D eigenvalue weighted by Gasteiger charge is 2.08. The van der Waals surface area contributed by atoms with Crippen LogP contribution < -0.4 is 5.32 Å². The second-order valence-electron chi connectivity index (χ2n) is 4.66. The van der Waals surface area contributed by atoms with Gasteiger partial charge in [0.25, 0.3) is 0 Å². The van der Waals surface area contributed by atoms with Gasteiger partial charge in [-0.05, 0) is 19.4 Å². The topological polar surface area (TPSA) is 29.9 Å². The van der Waals surface area contributed by atoms with Crippen LogP contribution in [0.4, 0.5) is 0 Å². The summed E-state index contributed by atoms with van der Waals surface area (Å²) in [7, 11) is 2.00. The van der Waals surface area contributed by atoms with E-state index >= 15 is 0 Å². The average Bonchev–Trinajstić information content (AvgIpc) is 2.65. The molecule has 1 unspecified atom stereocenters. The molecule has 2 rings (SSSR count). The molecule has 1 N–H and O–H groups in total. The molecule has 0 radical (unpaired) electrons. The first-order valence-electron chi connectivity index (χ1n) is 6.36. The van der Waals surface area contributed by atoms with Gasteiger partial charge in [0.1, 0.15) is 0 Å². The third kappa shape index (κ3) is 2.67. The molecule has 17 heavy (non-hydrogen) atoms. The van der Waals surface area contributed by atoms with E-state index < -0.39 is 0 Å². The monoisotopic (exact) mass is 231 g/mol. The minimum Gasteiger partial charge on any atom is -0.309 e. The van der Waals surface area contributed by atoms with Crippen LogP contribution in [-0.4, -0.2) is 15.8 Å². The molecule has 1 aromatic carbocycles. The van der Waals surface area contributed by atoms with Crippen molar-refractivity contribution in [3.05, 3.63) is 30.0 Å². The van der Waals surface area contributed by atoms with Crippen molar-refractivity contribution in [2.75, 3.05) is 0 Å². The summed E-state index contributed by atoms with van der Waals surface area (Å²) < 4.78 is 1.96. The highest BCUT2D eigenvalue weighted by atomic mass is 15.3. The highest BCUT2D eigenvalue weighted by Crippen LogP contribution is 2.17. The fraction of sp³-hybridized carbons (Fsp3) is 0.500. The fourth-order valence-corrected chi connectivity index (χ4v) is 2.23. The van der Waals surface area contributed by atoms with Crippen LogP contribution in [0.1, 0.15) is 32.4 Å². The average molecular weight is 231 g/mol. The van der Waals surface area contributed by atoms with E-state index in [9.17, 15) is 0 Å². The first-order chi connectivity index (χ1) is 8.22. The molecule has 92 valence electrons. The van der Waals surface area contributed by atoms with Crippen LogP contribution in [0.2, 0.25) is 0 Å². The van der Waals surface area contributed by atoms with Gasteiger partial charge in [-0.15, -0.1) is 0 Å². The van der Waals surface area contributed by atoms with E-state index in [0.717, 1.165) is 12.2 Å². The van der Waals surface area contributed by atoms with Gasteiger partial charge >= 0.3 is 0 Å². The second-order valence-corrected chi connectivity index (χ2v) is 4.66. The van der Waals surface area contributed by atoms with E-state index in [1.165, 1.54) is 23.7 Å². The molecular weight excluding hydrogens is 210 g/mol. The van der Waals surface area contributed by atoms with Crippen molar-refractivity contribution in [1.82, 2.24) is 15.1 Å². The lowest BCUT2D eigenvalue weighted by molar-refractivity contribution is 0.503. The number of nitrogens with zero attached hydrogens (tertiary/aromatic N) is 2. The normalized spacial score (nSPS) is 13.1. The molecule has 0 saturated heterocycles. The van der Waals surface area contributed by atoms with Gasteiger partial charge in [0, 0.05) is 25.0 Å². The minimum atomic E-state index is 0.556. The van der Waals surface area contributed by atoms with Crippen molar-refractivity contribution in [3.63, 3.8) is 0 Å². The standard InChI is InChI=1S/C14H21N3/c1-4-7-11(2)15-10-13-12-8-5-6-9-14(12)17(3)16-13/h5-6,8-9,11,15H,4,7,10H2,1-3H3. The molecule has 0 amide bonds. The minimum absolute atomic E-state index is 0.556. The Morgan fingerprint density at radius 2 is 2.12 bits per heavy atom. The summed E-state index contributed by atoms with van der Waals surface area (Å²) in [5.74, 6) is 0. The van der Waals surface area contributed by atoms with Crippen LogP contribution >= 0.6 is 0 Å². The number of hydrogen-bond acceptors (Lipinski definition) is 2. The Hall–Kier alpha value is -1.35. The number of aromatic nitrogens is 2. The first kappa shape index (κ1) is 12.1. The summed E-state index contributed by atoms with van der Waals surface area (Å²) >= 11 is 0. The van der Waals surface area contributed by atoms with Gasteiger partial charge in [-0.2, -0.15) is 5.10 Å². The van der Waals surface area contributed by atoms with Crippen molar-refractivity contribution in [3.8, 4) is 0 Å². The molecule has 0 fully saturated rings. The van der Waals surface area contributed by atoms with Crippen LogP contribution in [0, 0.1) is 0 Å². The molecule has 0 aliphatic heterocycles. The van der Waals surface area contributed by atoms with Crippen molar-refractivity contribution >= 4 is 10.9 Å². The maximum atomic E-state index is 4.58. The van der Waals surface area contributed by atoms with Gasteiger partial charge in [0.2, 0.25) is 0 Å². The predicted octanol–water partition coefficient (Wildman–Crippen LogP) is 2.85. The molecule has 1 aromatic heterocycles. The Morgan fingerprint density at radius 3 is 2.88 bits per heavy atom. The summed E-state index contributed by atoms with van der Waals surface area (Å²) in [6.45, 7) is 5.30. The Balaban J connectivity index is 2.13. The summed E-state index contributed by atoms with van der Waals surface area (Å²) in [5.41, 5.74) is 2.35. The van der Waals surface area contributed by atoms with E-state index in [2.05, 4.69) is 48.5 Å². The first-order valence-corrected chi connectivity index (χ1v) is 6.36. The van der Waals surface area contributed by atoms with Crippen LogP contribution in [-0.2, 0) is 13.6 Å². The molecule has 0 saturated carbocycles. The van der Waals surface area contributed by atoms with Crippen molar-refractivity contribution in [2.45, 2.75) is 39.3 Å². The zero-order valence-corrected chi connectivity index (χ0v) is 10.9. The zero-order chi connectivity index (χ0) is 12.3. The third-order valence-corrected chi connectivity index (χ3v) is 3.17. The maximum absolute atomic E-state index is 4.58. The van der Waals surface area contributed by atoms with Gasteiger partial charge in [-0.25, -0.2) is 0 Å². The number of rotatable bonds is 5. The molecular formula is C14H21N3. The fourth-order valence-electron chi connectivity index (χ4n) is 2.23. The van der Waals surface area contributed by atoms with E-state index in [1.807, 2.05) is 11.7 Å². The summed E-state index contributed by atoms with van der Waals surface area (Å²) in [4.78, 5) is 0. The third-order valence-electron chi connectivity index (χ3n) is 3.17. The molecule has 3 nitrogen and oxygen atoms in total. The number of hydrogen-bond donors (Lipinski definition) is 1. The maximum Gasteiger partial charge on any atom is 0.0841 e. The van der Waals surface area contributed by atoms with Crippen LogP contribution in [0.5, 0.6) is 0 Å². The molecule has 2 aromatic rings. The van der Waals surface area contributed by atoms with E-state index in [1.54, 1.807) is 0 Å². The number of benzene rings is 1. The second kappa shape index (κ2) is 5.32. The number of fused-ring (bicyclic) bond motifs is 1. The van der Waals surface area contributed by atoms with Crippen LogP contribution in [0.25, 0.3) is 10.9 Å². The van der Waals surface area contributed by atoms with Crippen molar-refractivity contribution < 1.29 is 0 Å². The van der Waals surface area contributed by atoms with Crippen LogP contribution in [0.15, 0.2) is 24.3 Å². The Labute approximate surface area is 103 Å². The number of aryl methyl sites for hydroxylation is 1. The highest BCUT2D eigenvalue weighted by molar-refractivity contribution is 5.81. The predicted molar refractivity (Wildman–Crippen MR) is 71.9 cm³/mol. The van der Waals surface area contributed by atoms with Gasteiger partial charge in [-0.1, -0.05) is 31.5 Å². The van der Waals surface area contributed by atoms with Gasteiger partial charge in [0.15, 0.2) is 0 Å². The molecule has 3 heteroatoms. The van der Waals surface area contributed by atoms with E-state index in [-0.39, 0.29) is 0 Å². The zero-order valence-electron chi connectivity index (χ0n) is 10.9. The lowest BCUT2D eigenvalue weighted by atomic mass is 10.1. The van der Waals surface area contributed by atoms with Crippen molar-refractivity contribution in [2.24, 2.45) is 7.05 Å². The Bertz CT molecular complexity index is 487. The van der Waals surface area contributed by atoms with E-state index in [4.69, 9.17) is 0 Å². The molecule has 1 heterocycles. The molecule has 0 bridgehead atoms. The Morgan fingerprint density at radius 1 is 1.35 bits per heavy atom. The van der Waals surface area contributed by atoms with Crippen molar-refractivity contribution in [1.29, 1.82) is 0 Å². The SMILES string of the molecule is CCCC(C)NCc1nn(C)c2ccccc12. The summed E-state index contributed by atoms with van der Waals surface area (Å²) in [6.07, 6.45) is 2.43. The van der Waals surface area contributed by atoms with Gasteiger partial charge < -0.3 is 5.32 Å². The molecule has 0 spiro atoms. The molecule has 0 aliphatic rings. The largest absolute Gasteiger partial charge is 0.309 e. The lowest BCUT2D eigenvalue weighted by Crippen LogP contribution is -2.25. The smallest absolute Gasteiger partial charge is 0.0841 e. The number of para-hydroxylation sites is 1. The van der Waals surface area contributed by atoms with Gasteiger partial charge in [0.05, 0.1) is 11.2 Å². The Kier molecular flexibility index (Phi) is 3.79.